The van der Waals surface area contributed by atoms with Gasteiger partial charge in [-0.25, -0.2) is 15.0 Å². The van der Waals surface area contributed by atoms with Crippen LogP contribution in [-0.2, 0) is 4.74 Å². The summed E-state index contributed by atoms with van der Waals surface area (Å²) in [4.78, 5) is 14.6. The number of anilines is 1. The fraction of sp³-hybridized carbons (Fsp3) is 0.476. The number of hydrogen-bond acceptors (Lipinski definition) is 7. The van der Waals surface area contributed by atoms with E-state index in [1.165, 1.54) is 43.4 Å². The number of thiazole rings is 1. The van der Waals surface area contributed by atoms with E-state index in [0.29, 0.717) is 5.39 Å². The zero-order valence-corrected chi connectivity index (χ0v) is 16.8. The van der Waals surface area contributed by atoms with Crippen molar-refractivity contribution >= 4 is 27.9 Å². The molecule has 0 unspecified atom stereocenters. The first kappa shape index (κ1) is 19.1. The third kappa shape index (κ3) is 4.59. The van der Waals surface area contributed by atoms with Gasteiger partial charge in [-0.2, -0.15) is 0 Å². The molecule has 1 saturated carbocycles. The fourth-order valence-corrected chi connectivity index (χ4v) is 4.65. The minimum Gasteiger partial charge on any atom is -0.507 e. The third-order valence-corrected chi connectivity index (χ3v) is 6.31. The molecule has 1 aliphatic heterocycles. The standard InChI is InChI=1S/C12H13N3O2.C9H13NS/c16-12-6-9(15-1-3-17-4-2-15)5-11-10(12)7-13-8-14-11;1-2-4-8(5-3-1)9-10-6-7-11-9/h5-8,16H,1-4H2;6-8H,1-5H2. The minimum atomic E-state index is 0.226. The second-order valence-corrected chi connectivity index (χ2v) is 8.15. The molecule has 2 aromatic heterocycles. The first-order chi connectivity index (χ1) is 13.8. The second-order valence-electron chi connectivity index (χ2n) is 7.23. The Morgan fingerprint density at radius 3 is 2.64 bits per heavy atom. The lowest BCUT2D eigenvalue weighted by atomic mass is 9.90. The van der Waals surface area contributed by atoms with E-state index in [1.54, 1.807) is 12.3 Å². The molecular formula is C21H26N4O2S. The summed E-state index contributed by atoms with van der Waals surface area (Å²) in [6, 6.07) is 3.74. The van der Waals surface area contributed by atoms with Gasteiger partial charge in [-0.05, 0) is 18.9 Å². The molecule has 148 valence electrons. The molecule has 7 heteroatoms. The van der Waals surface area contributed by atoms with Crippen LogP contribution in [0, 0.1) is 0 Å². The van der Waals surface area contributed by atoms with E-state index in [2.05, 4.69) is 25.2 Å². The summed E-state index contributed by atoms with van der Waals surface area (Å²) in [5, 5.41) is 14.1. The van der Waals surface area contributed by atoms with Crippen LogP contribution in [0.4, 0.5) is 5.69 Å². The highest BCUT2D eigenvalue weighted by Gasteiger charge is 2.17. The van der Waals surface area contributed by atoms with E-state index in [4.69, 9.17) is 4.74 Å². The Morgan fingerprint density at radius 1 is 1.07 bits per heavy atom. The summed E-state index contributed by atoms with van der Waals surface area (Å²) in [6.45, 7) is 3.14. The Labute approximate surface area is 169 Å². The molecule has 1 aromatic carbocycles. The highest BCUT2D eigenvalue weighted by molar-refractivity contribution is 7.09. The number of rotatable bonds is 2. The Balaban J connectivity index is 0.000000151. The maximum Gasteiger partial charge on any atom is 0.128 e. The van der Waals surface area contributed by atoms with E-state index < -0.39 is 0 Å². The normalized spacial score (nSPS) is 17.9. The van der Waals surface area contributed by atoms with Crippen LogP contribution in [0.25, 0.3) is 10.9 Å². The predicted octanol–water partition coefficient (Wildman–Crippen LogP) is 4.36. The molecule has 2 fully saturated rings. The zero-order chi connectivity index (χ0) is 19.2. The van der Waals surface area contributed by atoms with Gasteiger partial charge in [-0.15, -0.1) is 11.3 Å². The SMILES string of the molecule is Oc1cc(N2CCOCC2)cc2ncncc12.c1csc(C2CCCCC2)n1. The molecule has 0 amide bonds. The number of ether oxygens (including phenoxy) is 1. The van der Waals surface area contributed by atoms with Crippen molar-refractivity contribution in [3.05, 3.63) is 41.2 Å². The molecule has 3 aromatic rings. The van der Waals surface area contributed by atoms with Crippen molar-refractivity contribution in [2.24, 2.45) is 0 Å². The molecule has 0 atom stereocenters. The van der Waals surface area contributed by atoms with Crippen molar-refractivity contribution in [1.82, 2.24) is 15.0 Å². The van der Waals surface area contributed by atoms with Crippen molar-refractivity contribution < 1.29 is 9.84 Å². The number of aromatic nitrogens is 3. The monoisotopic (exact) mass is 398 g/mol. The summed E-state index contributed by atoms with van der Waals surface area (Å²) < 4.78 is 5.31. The average Bonchev–Trinajstić information content (AvgIpc) is 3.31. The second kappa shape index (κ2) is 9.30. The molecule has 3 heterocycles. The van der Waals surface area contributed by atoms with Gasteiger partial charge >= 0.3 is 0 Å². The Hall–Kier alpha value is -2.25. The molecule has 0 radical (unpaired) electrons. The number of phenolic OH excluding ortho intramolecular Hbond substituents is 1. The van der Waals surface area contributed by atoms with Crippen molar-refractivity contribution in [3.8, 4) is 5.75 Å². The maximum absolute atomic E-state index is 9.94. The van der Waals surface area contributed by atoms with E-state index in [1.807, 2.05) is 23.6 Å². The van der Waals surface area contributed by atoms with Crippen LogP contribution in [0.1, 0.15) is 43.0 Å². The van der Waals surface area contributed by atoms with Gasteiger partial charge < -0.3 is 14.7 Å². The van der Waals surface area contributed by atoms with Gasteiger partial charge in [0, 0.05) is 48.5 Å². The zero-order valence-electron chi connectivity index (χ0n) is 16.0. The van der Waals surface area contributed by atoms with Crippen LogP contribution < -0.4 is 4.90 Å². The summed E-state index contributed by atoms with van der Waals surface area (Å²) in [7, 11) is 0. The predicted molar refractivity (Wildman–Crippen MR) is 112 cm³/mol. The number of morpholine rings is 1. The van der Waals surface area contributed by atoms with Crippen molar-refractivity contribution in [2.45, 2.75) is 38.0 Å². The summed E-state index contributed by atoms with van der Waals surface area (Å²) in [6.07, 6.45) is 12.0. The molecule has 5 rings (SSSR count). The highest BCUT2D eigenvalue weighted by atomic mass is 32.1. The number of nitrogens with zero attached hydrogens (tertiary/aromatic N) is 4. The lowest BCUT2D eigenvalue weighted by Gasteiger charge is -2.29. The molecular weight excluding hydrogens is 372 g/mol. The molecule has 1 saturated heterocycles. The molecule has 1 N–H and O–H groups in total. The smallest absolute Gasteiger partial charge is 0.128 e. The lowest BCUT2D eigenvalue weighted by Crippen LogP contribution is -2.36. The molecule has 0 spiro atoms. The number of hydrogen-bond donors (Lipinski definition) is 1. The topological polar surface area (TPSA) is 71.4 Å². The van der Waals surface area contributed by atoms with Crippen LogP contribution in [0.5, 0.6) is 5.75 Å². The first-order valence-corrected chi connectivity index (χ1v) is 10.8. The molecule has 6 nitrogen and oxygen atoms in total. The maximum atomic E-state index is 9.94. The van der Waals surface area contributed by atoms with Crippen molar-refractivity contribution in [3.63, 3.8) is 0 Å². The van der Waals surface area contributed by atoms with Gasteiger partial charge in [0.25, 0.3) is 0 Å². The van der Waals surface area contributed by atoms with E-state index in [9.17, 15) is 5.11 Å². The minimum absolute atomic E-state index is 0.226. The van der Waals surface area contributed by atoms with Gasteiger partial charge in [-0.1, -0.05) is 19.3 Å². The van der Waals surface area contributed by atoms with E-state index in [-0.39, 0.29) is 5.75 Å². The number of phenols is 1. The van der Waals surface area contributed by atoms with Crippen LogP contribution >= 0.6 is 11.3 Å². The number of benzene rings is 1. The van der Waals surface area contributed by atoms with Gasteiger partial charge in [0.05, 0.1) is 29.1 Å². The van der Waals surface area contributed by atoms with Crippen LogP contribution in [-0.4, -0.2) is 46.4 Å². The molecule has 0 bridgehead atoms. The fourth-order valence-electron chi connectivity index (χ4n) is 3.84. The lowest BCUT2D eigenvalue weighted by molar-refractivity contribution is 0.122. The van der Waals surface area contributed by atoms with E-state index >= 15 is 0 Å². The largest absolute Gasteiger partial charge is 0.507 e. The summed E-state index contributed by atoms with van der Waals surface area (Å²) >= 11 is 1.82. The average molecular weight is 399 g/mol. The Kier molecular flexibility index (Phi) is 6.34. The van der Waals surface area contributed by atoms with Crippen LogP contribution in [0.2, 0.25) is 0 Å². The van der Waals surface area contributed by atoms with Gasteiger partial charge in [-0.3, -0.25) is 0 Å². The Morgan fingerprint density at radius 2 is 1.89 bits per heavy atom. The molecule has 2 aliphatic rings. The van der Waals surface area contributed by atoms with Crippen LogP contribution in [0.3, 0.4) is 0 Å². The quantitative estimate of drug-likeness (QED) is 0.691. The first-order valence-electron chi connectivity index (χ1n) is 9.96. The Bertz CT molecular complexity index is 875. The third-order valence-electron chi connectivity index (χ3n) is 5.37. The van der Waals surface area contributed by atoms with Gasteiger partial charge in [0.15, 0.2) is 0 Å². The number of aromatic hydroxyl groups is 1. The molecule has 1 aliphatic carbocycles. The van der Waals surface area contributed by atoms with Crippen molar-refractivity contribution in [2.75, 3.05) is 31.2 Å². The van der Waals surface area contributed by atoms with E-state index in [0.717, 1.165) is 43.4 Å². The van der Waals surface area contributed by atoms with Crippen molar-refractivity contribution in [1.29, 1.82) is 0 Å². The molecule has 28 heavy (non-hydrogen) atoms. The number of fused-ring (bicyclic) bond motifs is 1. The van der Waals surface area contributed by atoms with Gasteiger partial charge in [0.1, 0.15) is 12.1 Å². The summed E-state index contributed by atoms with van der Waals surface area (Å²) in [5.41, 5.74) is 1.75. The highest BCUT2D eigenvalue weighted by Crippen LogP contribution is 2.33. The van der Waals surface area contributed by atoms with Crippen LogP contribution in [0.15, 0.2) is 36.2 Å². The van der Waals surface area contributed by atoms with Gasteiger partial charge in [0.2, 0.25) is 0 Å². The summed E-state index contributed by atoms with van der Waals surface area (Å²) in [5.74, 6) is 1.02.